The topological polar surface area (TPSA) is 139 Å². The Morgan fingerprint density at radius 2 is 2.15 bits per heavy atom. The molecule has 10 heteroatoms. The first-order chi connectivity index (χ1) is 9.20. The third kappa shape index (κ3) is 3.42. The van der Waals surface area contributed by atoms with Crippen LogP contribution in [0.1, 0.15) is 6.92 Å². The molecule has 9 nitrogen and oxygen atoms in total. The lowest BCUT2D eigenvalue weighted by atomic mass is 10.3. The average molecular weight is 304 g/mol. The van der Waals surface area contributed by atoms with E-state index >= 15 is 0 Å². The summed E-state index contributed by atoms with van der Waals surface area (Å²) >= 11 is 0. The summed E-state index contributed by atoms with van der Waals surface area (Å²) in [7, 11) is -2.63. The van der Waals surface area contributed by atoms with Crippen molar-refractivity contribution in [3.05, 3.63) is 28.3 Å². The number of nitrogens with two attached hydrogens (primary N) is 1. The summed E-state index contributed by atoms with van der Waals surface area (Å²) < 4.78 is 25.3. The van der Waals surface area contributed by atoms with Crippen LogP contribution in [-0.2, 0) is 10.0 Å². The molecule has 0 saturated heterocycles. The lowest BCUT2D eigenvalue weighted by Crippen LogP contribution is -2.33. The first kappa shape index (κ1) is 16.3. The Bertz CT molecular complexity index is 602. The number of nitrogens with zero attached hydrogens (tertiary/aromatic N) is 2. The van der Waals surface area contributed by atoms with Gasteiger partial charge in [0.2, 0.25) is 10.0 Å². The van der Waals surface area contributed by atoms with Crippen LogP contribution in [0.3, 0.4) is 0 Å². The second kappa shape index (κ2) is 6.13. The fourth-order valence-electron chi connectivity index (χ4n) is 1.60. The van der Waals surface area contributed by atoms with Gasteiger partial charge in [-0.15, -0.1) is 0 Å². The molecule has 112 valence electrons. The first-order valence-corrected chi connectivity index (χ1v) is 7.03. The van der Waals surface area contributed by atoms with E-state index in [4.69, 9.17) is 5.84 Å². The van der Waals surface area contributed by atoms with Crippen molar-refractivity contribution in [3.63, 3.8) is 0 Å². The van der Waals surface area contributed by atoms with Gasteiger partial charge in [-0.05, 0) is 19.1 Å². The smallest absolute Gasteiger partial charge is 0.294 e. The van der Waals surface area contributed by atoms with Crippen LogP contribution in [0.5, 0.6) is 0 Å². The van der Waals surface area contributed by atoms with Gasteiger partial charge in [0, 0.05) is 19.7 Å². The van der Waals surface area contributed by atoms with Crippen LogP contribution >= 0.6 is 0 Å². The highest BCUT2D eigenvalue weighted by Crippen LogP contribution is 2.27. The monoisotopic (exact) mass is 304 g/mol. The van der Waals surface area contributed by atoms with Crippen molar-refractivity contribution >= 4 is 21.4 Å². The number of nitrogens with one attached hydrogen (secondary N) is 1. The number of nitrogen functional groups attached to an aromatic ring is 1. The van der Waals surface area contributed by atoms with Gasteiger partial charge >= 0.3 is 0 Å². The fraction of sp³-hybridized carbons (Fsp3) is 0.400. The van der Waals surface area contributed by atoms with Crippen molar-refractivity contribution in [2.24, 2.45) is 5.84 Å². The number of hydrogen-bond donors (Lipinski definition) is 3. The minimum atomic E-state index is -3.91. The van der Waals surface area contributed by atoms with Crippen LogP contribution in [0.25, 0.3) is 0 Å². The van der Waals surface area contributed by atoms with Crippen LogP contribution < -0.4 is 11.3 Å². The molecular weight excluding hydrogens is 288 g/mol. The highest BCUT2D eigenvalue weighted by atomic mass is 32.2. The lowest BCUT2D eigenvalue weighted by molar-refractivity contribution is -0.384. The Hall–Kier alpha value is -1.75. The van der Waals surface area contributed by atoms with E-state index in [1.807, 2.05) is 0 Å². The number of sulfonamides is 1. The van der Waals surface area contributed by atoms with Crippen molar-refractivity contribution in [3.8, 4) is 0 Å². The highest BCUT2D eigenvalue weighted by Gasteiger charge is 2.25. The molecule has 0 radical (unpaired) electrons. The van der Waals surface area contributed by atoms with Crippen molar-refractivity contribution in [1.82, 2.24) is 4.31 Å². The zero-order chi connectivity index (χ0) is 15.5. The van der Waals surface area contributed by atoms with E-state index in [-0.39, 0.29) is 17.1 Å². The predicted octanol–water partition coefficient (Wildman–Crippen LogP) is -0.118. The maximum atomic E-state index is 12.2. The predicted molar refractivity (Wildman–Crippen MR) is 72.4 cm³/mol. The summed E-state index contributed by atoms with van der Waals surface area (Å²) in [4.78, 5) is 9.89. The second-order valence-electron chi connectivity index (χ2n) is 4.21. The molecule has 0 fully saturated rings. The molecule has 1 atom stereocenters. The molecule has 4 N–H and O–H groups in total. The SMILES string of the molecule is CC(O)CN(C)S(=O)(=O)c1ccc(NN)c([N+](=O)[O-])c1. The number of nitro groups is 1. The molecule has 0 amide bonds. The molecule has 0 aliphatic heterocycles. The molecule has 0 aliphatic carbocycles. The van der Waals surface area contributed by atoms with E-state index in [9.17, 15) is 23.6 Å². The van der Waals surface area contributed by atoms with E-state index in [1.165, 1.54) is 26.1 Å². The number of anilines is 1. The highest BCUT2D eigenvalue weighted by molar-refractivity contribution is 7.89. The number of rotatable bonds is 6. The summed E-state index contributed by atoms with van der Waals surface area (Å²) in [6.45, 7) is 1.32. The second-order valence-corrected chi connectivity index (χ2v) is 6.26. The van der Waals surface area contributed by atoms with Crippen LogP contribution in [0.2, 0.25) is 0 Å². The van der Waals surface area contributed by atoms with Crippen molar-refractivity contribution in [2.75, 3.05) is 19.0 Å². The molecule has 1 rings (SSSR count). The average Bonchev–Trinajstić information content (AvgIpc) is 2.36. The van der Waals surface area contributed by atoms with Gasteiger partial charge < -0.3 is 10.5 Å². The quantitative estimate of drug-likeness (QED) is 0.378. The van der Waals surface area contributed by atoms with E-state index in [2.05, 4.69) is 5.43 Å². The number of aliphatic hydroxyl groups excluding tert-OH is 1. The number of benzene rings is 1. The van der Waals surface area contributed by atoms with E-state index < -0.39 is 26.7 Å². The van der Waals surface area contributed by atoms with Crippen molar-refractivity contribution in [2.45, 2.75) is 17.9 Å². The molecule has 0 heterocycles. The number of nitro benzene ring substituents is 1. The number of hydrazine groups is 1. The number of likely N-dealkylation sites (N-methyl/N-ethyl adjacent to an activating group) is 1. The zero-order valence-electron chi connectivity index (χ0n) is 11.0. The van der Waals surface area contributed by atoms with Crippen LogP contribution in [0.15, 0.2) is 23.1 Å². The van der Waals surface area contributed by atoms with Gasteiger partial charge in [0.1, 0.15) is 5.69 Å². The van der Waals surface area contributed by atoms with Gasteiger partial charge in [0.15, 0.2) is 0 Å². The molecule has 1 aromatic carbocycles. The Labute approximate surface area is 116 Å². The van der Waals surface area contributed by atoms with Gasteiger partial charge in [-0.1, -0.05) is 0 Å². The normalized spacial score (nSPS) is 13.2. The molecule has 0 aromatic heterocycles. The third-order valence-electron chi connectivity index (χ3n) is 2.55. The van der Waals surface area contributed by atoms with E-state index in [1.54, 1.807) is 0 Å². The van der Waals surface area contributed by atoms with Gasteiger partial charge in [0.25, 0.3) is 5.69 Å². The summed E-state index contributed by atoms with van der Waals surface area (Å²) in [6.07, 6.45) is -0.852. The Morgan fingerprint density at radius 3 is 2.60 bits per heavy atom. The lowest BCUT2D eigenvalue weighted by Gasteiger charge is -2.18. The molecule has 0 aliphatic rings. The fourth-order valence-corrected chi connectivity index (χ4v) is 2.87. The molecule has 1 unspecified atom stereocenters. The van der Waals surface area contributed by atoms with Crippen LogP contribution in [0.4, 0.5) is 11.4 Å². The Morgan fingerprint density at radius 1 is 1.55 bits per heavy atom. The molecular formula is C10H16N4O5S. The van der Waals surface area contributed by atoms with E-state index in [0.717, 1.165) is 10.4 Å². The summed E-state index contributed by atoms with van der Waals surface area (Å²) in [6, 6.07) is 3.33. The van der Waals surface area contributed by atoms with Gasteiger partial charge in [-0.2, -0.15) is 4.31 Å². The largest absolute Gasteiger partial charge is 0.392 e. The summed E-state index contributed by atoms with van der Waals surface area (Å²) in [5, 5.41) is 20.1. The van der Waals surface area contributed by atoms with Crippen LogP contribution in [0, 0.1) is 10.1 Å². The molecule has 0 spiro atoms. The number of aliphatic hydroxyl groups is 1. The van der Waals surface area contributed by atoms with Gasteiger partial charge in [0.05, 0.1) is 15.9 Å². The summed E-state index contributed by atoms with van der Waals surface area (Å²) in [5.41, 5.74) is 1.69. The minimum Gasteiger partial charge on any atom is -0.392 e. The maximum Gasteiger partial charge on any atom is 0.294 e. The maximum absolute atomic E-state index is 12.2. The third-order valence-corrected chi connectivity index (χ3v) is 4.37. The summed E-state index contributed by atoms with van der Waals surface area (Å²) in [5.74, 6) is 5.13. The van der Waals surface area contributed by atoms with E-state index in [0.29, 0.717) is 0 Å². The van der Waals surface area contributed by atoms with Crippen molar-refractivity contribution in [1.29, 1.82) is 0 Å². The minimum absolute atomic E-state index is 0.00660. The molecule has 1 aromatic rings. The number of hydrogen-bond acceptors (Lipinski definition) is 7. The Balaban J connectivity index is 3.26. The standard InChI is InChI=1S/C10H16N4O5S/c1-7(15)6-13(2)20(18,19)8-3-4-9(12-11)10(5-8)14(16)17/h3-5,7,12,15H,6,11H2,1-2H3. The van der Waals surface area contributed by atoms with Gasteiger partial charge in [-0.3, -0.25) is 16.0 Å². The zero-order valence-corrected chi connectivity index (χ0v) is 11.8. The Kier molecular flexibility index (Phi) is 5.00. The first-order valence-electron chi connectivity index (χ1n) is 5.59. The molecule has 0 bridgehead atoms. The molecule has 0 saturated carbocycles. The van der Waals surface area contributed by atoms with Crippen molar-refractivity contribution < 1.29 is 18.4 Å². The van der Waals surface area contributed by atoms with Crippen LogP contribution in [-0.4, -0.2) is 42.4 Å². The van der Waals surface area contributed by atoms with Gasteiger partial charge in [-0.25, -0.2) is 8.42 Å². The molecule has 20 heavy (non-hydrogen) atoms.